The van der Waals surface area contributed by atoms with Crippen molar-refractivity contribution in [2.45, 2.75) is 64.7 Å². The van der Waals surface area contributed by atoms with Gasteiger partial charge in [-0.05, 0) is 31.0 Å². The molecule has 0 amide bonds. The molecule has 1 aromatic heterocycles. The van der Waals surface area contributed by atoms with E-state index in [2.05, 4.69) is 18.0 Å². The lowest BCUT2D eigenvalue weighted by Gasteiger charge is -2.01. The van der Waals surface area contributed by atoms with E-state index in [1.165, 1.54) is 57.1 Å². The van der Waals surface area contributed by atoms with E-state index in [1.54, 1.807) is 6.07 Å². The summed E-state index contributed by atoms with van der Waals surface area (Å²) in [7, 11) is 0. The molecule has 21 heavy (non-hydrogen) atoms. The highest BCUT2D eigenvalue weighted by molar-refractivity contribution is 6.38. The van der Waals surface area contributed by atoms with Crippen LogP contribution in [0.4, 0.5) is 0 Å². The summed E-state index contributed by atoms with van der Waals surface area (Å²) in [6, 6.07) is 5.94. The Morgan fingerprint density at radius 3 is 2.24 bits per heavy atom. The highest BCUT2D eigenvalue weighted by Crippen LogP contribution is 2.28. The number of nitrogens with one attached hydrogen (secondary N) is 1. The number of aryl methyl sites for hydroxylation is 1. The van der Waals surface area contributed by atoms with Gasteiger partial charge in [0.15, 0.2) is 0 Å². The Labute approximate surface area is 138 Å². The van der Waals surface area contributed by atoms with Gasteiger partial charge in [0.05, 0.1) is 10.5 Å². The van der Waals surface area contributed by atoms with Gasteiger partial charge in [0.1, 0.15) is 0 Å². The van der Waals surface area contributed by atoms with Crippen LogP contribution in [-0.4, -0.2) is 4.98 Å². The molecule has 0 saturated heterocycles. The fourth-order valence-corrected chi connectivity index (χ4v) is 3.36. The minimum Gasteiger partial charge on any atom is -0.357 e. The van der Waals surface area contributed by atoms with Gasteiger partial charge in [0, 0.05) is 16.1 Å². The molecule has 1 heterocycles. The van der Waals surface area contributed by atoms with E-state index in [0.29, 0.717) is 10.0 Å². The van der Waals surface area contributed by atoms with Crippen molar-refractivity contribution in [2.75, 3.05) is 0 Å². The molecule has 116 valence electrons. The van der Waals surface area contributed by atoms with Gasteiger partial charge in [-0.15, -0.1) is 0 Å². The number of fused-ring (bicyclic) bond motifs is 1. The number of unbranched alkanes of at least 4 members (excludes halogenated alkanes) is 7. The molecule has 0 atom stereocenters. The van der Waals surface area contributed by atoms with Gasteiger partial charge in [-0.3, -0.25) is 0 Å². The standard InChI is InChI=1S/C18H25Cl2N/c1-2-3-4-5-6-7-8-9-10-16-12-14-11-15(19)13-17(20)18(14)21-16/h11-13,21H,2-10H2,1H3. The van der Waals surface area contributed by atoms with Crippen molar-refractivity contribution >= 4 is 34.1 Å². The summed E-state index contributed by atoms with van der Waals surface area (Å²) in [5.41, 5.74) is 2.27. The fourth-order valence-electron chi connectivity index (χ4n) is 2.81. The van der Waals surface area contributed by atoms with Crippen molar-refractivity contribution in [1.29, 1.82) is 0 Å². The molecule has 0 unspecified atom stereocenters. The molecule has 2 aromatic rings. The summed E-state index contributed by atoms with van der Waals surface area (Å²) in [4.78, 5) is 3.42. The van der Waals surface area contributed by atoms with E-state index in [-0.39, 0.29) is 0 Å². The molecule has 0 spiro atoms. The Hall–Kier alpha value is -0.660. The van der Waals surface area contributed by atoms with Crippen molar-refractivity contribution in [3.8, 4) is 0 Å². The first-order valence-corrected chi connectivity index (χ1v) is 8.93. The first kappa shape index (κ1) is 16.7. The molecular weight excluding hydrogens is 301 g/mol. The van der Waals surface area contributed by atoms with Crippen LogP contribution in [0.25, 0.3) is 10.9 Å². The lowest BCUT2D eigenvalue weighted by Crippen LogP contribution is -1.86. The Kier molecular flexibility index (Phi) is 6.92. The predicted octanol–water partition coefficient (Wildman–Crippen LogP) is 7.16. The average Bonchev–Trinajstić information content (AvgIpc) is 2.85. The summed E-state index contributed by atoms with van der Waals surface area (Å²) >= 11 is 12.2. The molecule has 0 aliphatic carbocycles. The molecule has 1 aromatic carbocycles. The first-order valence-electron chi connectivity index (χ1n) is 8.17. The molecule has 1 nitrogen and oxygen atoms in total. The fraction of sp³-hybridized carbons (Fsp3) is 0.556. The van der Waals surface area contributed by atoms with Crippen LogP contribution in [0.15, 0.2) is 18.2 Å². The van der Waals surface area contributed by atoms with Crippen LogP contribution in [0.1, 0.15) is 64.0 Å². The Balaban J connectivity index is 1.73. The smallest absolute Gasteiger partial charge is 0.0661 e. The molecule has 0 aliphatic heterocycles. The third-order valence-corrected chi connectivity index (χ3v) is 4.52. The lowest BCUT2D eigenvalue weighted by atomic mass is 10.1. The number of benzene rings is 1. The highest BCUT2D eigenvalue weighted by atomic mass is 35.5. The van der Waals surface area contributed by atoms with E-state index in [0.717, 1.165) is 17.3 Å². The largest absolute Gasteiger partial charge is 0.357 e. The second kappa shape index (κ2) is 8.70. The molecular formula is C18H25Cl2N. The van der Waals surface area contributed by atoms with Crippen LogP contribution < -0.4 is 0 Å². The average molecular weight is 326 g/mol. The van der Waals surface area contributed by atoms with Crippen LogP contribution in [-0.2, 0) is 6.42 Å². The van der Waals surface area contributed by atoms with Gasteiger partial charge in [0.2, 0.25) is 0 Å². The molecule has 0 radical (unpaired) electrons. The van der Waals surface area contributed by atoms with Gasteiger partial charge in [-0.2, -0.15) is 0 Å². The number of H-pyrrole nitrogens is 1. The van der Waals surface area contributed by atoms with Gasteiger partial charge < -0.3 is 4.98 Å². The van der Waals surface area contributed by atoms with Crippen molar-refractivity contribution < 1.29 is 0 Å². The third-order valence-electron chi connectivity index (χ3n) is 4.00. The number of aromatic nitrogens is 1. The second-order valence-electron chi connectivity index (χ2n) is 5.87. The zero-order valence-electron chi connectivity index (χ0n) is 12.9. The Bertz CT molecular complexity index is 560. The summed E-state index contributed by atoms with van der Waals surface area (Å²) < 4.78 is 0. The van der Waals surface area contributed by atoms with E-state index < -0.39 is 0 Å². The van der Waals surface area contributed by atoms with E-state index in [9.17, 15) is 0 Å². The molecule has 2 rings (SSSR count). The maximum absolute atomic E-state index is 6.20. The van der Waals surface area contributed by atoms with Crippen molar-refractivity contribution in [3.05, 3.63) is 33.9 Å². The van der Waals surface area contributed by atoms with E-state index in [1.807, 2.05) is 6.07 Å². The molecule has 3 heteroatoms. The molecule has 0 saturated carbocycles. The van der Waals surface area contributed by atoms with Crippen LogP contribution in [0.3, 0.4) is 0 Å². The number of hydrogen-bond donors (Lipinski definition) is 1. The van der Waals surface area contributed by atoms with Crippen LogP contribution in [0.2, 0.25) is 10.0 Å². The van der Waals surface area contributed by atoms with Gasteiger partial charge >= 0.3 is 0 Å². The SMILES string of the molecule is CCCCCCCCCCc1cc2cc(Cl)cc(Cl)c2[nH]1. The number of rotatable bonds is 9. The van der Waals surface area contributed by atoms with Gasteiger partial charge in [-0.1, -0.05) is 75.1 Å². The first-order chi connectivity index (χ1) is 10.2. The zero-order chi connectivity index (χ0) is 15.1. The van der Waals surface area contributed by atoms with Crippen molar-refractivity contribution in [3.63, 3.8) is 0 Å². The summed E-state index contributed by atoms with van der Waals surface area (Å²) in [6.45, 7) is 2.26. The molecule has 0 aliphatic rings. The van der Waals surface area contributed by atoms with Crippen molar-refractivity contribution in [1.82, 2.24) is 4.98 Å². The molecule has 0 fully saturated rings. The minimum absolute atomic E-state index is 0.699. The number of aromatic amines is 1. The lowest BCUT2D eigenvalue weighted by molar-refractivity contribution is 0.574. The summed E-state index contributed by atoms with van der Waals surface area (Å²) in [5, 5.41) is 2.52. The van der Waals surface area contributed by atoms with E-state index >= 15 is 0 Å². The maximum Gasteiger partial charge on any atom is 0.0661 e. The van der Waals surface area contributed by atoms with Gasteiger partial charge in [-0.25, -0.2) is 0 Å². The summed E-state index contributed by atoms with van der Waals surface area (Å²) in [5.74, 6) is 0. The maximum atomic E-state index is 6.20. The van der Waals surface area contributed by atoms with Crippen LogP contribution in [0.5, 0.6) is 0 Å². The topological polar surface area (TPSA) is 15.8 Å². The van der Waals surface area contributed by atoms with E-state index in [4.69, 9.17) is 23.2 Å². The van der Waals surface area contributed by atoms with Crippen LogP contribution in [0, 0.1) is 0 Å². The zero-order valence-corrected chi connectivity index (χ0v) is 14.4. The number of hydrogen-bond acceptors (Lipinski definition) is 0. The highest BCUT2D eigenvalue weighted by Gasteiger charge is 2.06. The number of halogens is 2. The normalized spacial score (nSPS) is 11.4. The predicted molar refractivity (Wildman–Crippen MR) is 94.6 cm³/mol. The monoisotopic (exact) mass is 325 g/mol. The minimum atomic E-state index is 0.699. The second-order valence-corrected chi connectivity index (χ2v) is 6.71. The third kappa shape index (κ3) is 5.23. The molecule has 0 bridgehead atoms. The Morgan fingerprint density at radius 2 is 1.52 bits per heavy atom. The molecule has 1 N–H and O–H groups in total. The van der Waals surface area contributed by atoms with Crippen LogP contribution >= 0.6 is 23.2 Å². The quantitative estimate of drug-likeness (QED) is 0.471. The summed E-state index contributed by atoms with van der Waals surface area (Å²) in [6.07, 6.45) is 11.9. The Morgan fingerprint density at radius 1 is 0.857 bits per heavy atom. The van der Waals surface area contributed by atoms with Gasteiger partial charge in [0.25, 0.3) is 0 Å². The van der Waals surface area contributed by atoms with Crippen molar-refractivity contribution in [2.24, 2.45) is 0 Å².